The Hall–Kier alpha value is -3.73. The van der Waals surface area contributed by atoms with Crippen molar-refractivity contribution in [2.45, 2.75) is 25.4 Å². The molecule has 1 amide bonds. The normalized spacial score (nSPS) is 11.7. The molecule has 176 valence electrons. The summed E-state index contributed by atoms with van der Waals surface area (Å²) in [5.41, 5.74) is 3.40. The molecule has 0 unspecified atom stereocenters. The van der Waals surface area contributed by atoms with Gasteiger partial charge >= 0.3 is 0 Å². The van der Waals surface area contributed by atoms with Crippen LogP contribution in [-0.4, -0.2) is 48.7 Å². The summed E-state index contributed by atoms with van der Waals surface area (Å²) in [6.45, 7) is 4.10. The summed E-state index contributed by atoms with van der Waals surface area (Å²) in [5, 5.41) is 7.39. The van der Waals surface area contributed by atoms with Crippen LogP contribution in [0.15, 0.2) is 53.0 Å². The Morgan fingerprint density at radius 2 is 2.03 bits per heavy atom. The predicted molar refractivity (Wildman–Crippen MR) is 131 cm³/mol. The second kappa shape index (κ2) is 10.5. The molecule has 0 fully saturated rings. The third kappa shape index (κ3) is 5.98. The highest BCUT2D eigenvalue weighted by Crippen LogP contribution is 2.20. The smallest absolute Gasteiger partial charge is 0.237 e. The lowest BCUT2D eigenvalue weighted by atomic mass is 10.1. The third-order valence-corrected chi connectivity index (χ3v) is 6.02. The van der Waals surface area contributed by atoms with Gasteiger partial charge in [0, 0.05) is 54.5 Å². The Labute approximate surface area is 200 Å². The largest absolute Gasteiger partial charge is 0.361 e. The molecule has 3 heterocycles. The van der Waals surface area contributed by atoms with Gasteiger partial charge in [0.05, 0.1) is 5.75 Å². The summed E-state index contributed by atoms with van der Waals surface area (Å²) in [6.07, 6.45) is 5.91. The average Bonchev–Trinajstić information content (AvgIpc) is 3.37. The van der Waals surface area contributed by atoms with Gasteiger partial charge in [0.1, 0.15) is 5.82 Å². The number of amides is 1. The summed E-state index contributed by atoms with van der Waals surface area (Å²) >= 11 is 1.33. The number of halogens is 1. The highest BCUT2D eigenvalue weighted by molar-refractivity contribution is 7.99. The Morgan fingerprint density at radius 3 is 2.76 bits per heavy atom. The first-order valence-electron chi connectivity index (χ1n) is 10.7. The maximum absolute atomic E-state index is 13.7. The van der Waals surface area contributed by atoms with Crippen LogP contribution in [0, 0.1) is 19.7 Å². The quantitative estimate of drug-likeness (QED) is 0.212. The van der Waals surface area contributed by atoms with Gasteiger partial charge in [0.2, 0.25) is 17.8 Å². The SMILES string of the molecule is Cc1cc(C)nc(NC(=NCCc2c[nH]c3ccc(F)cc23)NC(=O)CSc2nccn2C)n1. The average molecular weight is 481 g/mol. The van der Waals surface area contributed by atoms with Crippen LogP contribution < -0.4 is 10.6 Å². The predicted octanol–water partition coefficient (Wildman–Crippen LogP) is 3.37. The Bertz CT molecular complexity index is 1330. The molecule has 0 saturated carbocycles. The fraction of sp³-hybridized carbons (Fsp3) is 0.261. The first-order chi connectivity index (χ1) is 16.4. The zero-order chi connectivity index (χ0) is 24.1. The number of carbonyl (C=O) groups excluding carboxylic acids is 1. The van der Waals surface area contributed by atoms with Crippen LogP contribution in [0.4, 0.5) is 10.3 Å². The van der Waals surface area contributed by atoms with E-state index >= 15 is 0 Å². The Balaban J connectivity index is 1.47. The molecule has 0 aliphatic carbocycles. The van der Waals surface area contributed by atoms with E-state index in [4.69, 9.17) is 0 Å². The second-order valence-electron chi connectivity index (χ2n) is 7.74. The maximum atomic E-state index is 13.7. The number of aromatic nitrogens is 5. The number of rotatable bonds is 7. The molecule has 4 aromatic rings. The minimum absolute atomic E-state index is 0.168. The zero-order valence-corrected chi connectivity index (χ0v) is 19.9. The van der Waals surface area contributed by atoms with E-state index in [1.165, 1.54) is 23.9 Å². The van der Waals surface area contributed by atoms with E-state index < -0.39 is 0 Å². The molecule has 0 radical (unpaired) electrons. The van der Waals surface area contributed by atoms with E-state index in [2.05, 4.69) is 35.6 Å². The second-order valence-corrected chi connectivity index (χ2v) is 8.68. The summed E-state index contributed by atoms with van der Waals surface area (Å²) < 4.78 is 15.5. The van der Waals surface area contributed by atoms with E-state index in [1.807, 2.05) is 43.9 Å². The lowest BCUT2D eigenvalue weighted by Crippen LogP contribution is -2.38. The number of fused-ring (bicyclic) bond motifs is 1. The summed E-state index contributed by atoms with van der Waals surface area (Å²) in [4.78, 5) is 33.2. The van der Waals surface area contributed by atoms with Gasteiger partial charge in [-0.3, -0.25) is 20.4 Å². The molecule has 3 N–H and O–H groups in total. The lowest BCUT2D eigenvalue weighted by Gasteiger charge is -2.11. The number of benzene rings is 1. The number of nitrogens with one attached hydrogen (secondary N) is 3. The van der Waals surface area contributed by atoms with Crippen LogP contribution in [0.5, 0.6) is 0 Å². The number of anilines is 1. The van der Waals surface area contributed by atoms with Crippen molar-refractivity contribution in [2.24, 2.45) is 12.0 Å². The van der Waals surface area contributed by atoms with Crippen LogP contribution in [0.1, 0.15) is 17.0 Å². The van der Waals surface area contributed by atoms with E-state index in [9.17, 15) is 9.18 Å². The molecule has 0 aliphatic rings. The van der Waals surface area contributed by atoms with Crippen molar-refractivity contribution in [2.75, 3.05) is 17.6 Å². The number of hydrogen-bond acceptors (Lipinski definition) is 6. The van der Waals surface area contributed by atoms with Crippen molar-refractivity contribution in [1.82, 2.24) is 29.8 Å². The molecule has 0 saturated heterocycles. The lowest BCUT2D eigenvalue weighted by molar-refractivity contribution is -0.117. The minimum atomic E-state index is -0.288. The fourth-order valence-corrected chi connectivity index (χ4v) is 4.17. The number of imidazole rings is 1. The van der Waals surface area contributed by atoms with Crippen molar-refractivity contribution in [1.29, 1.82) is 0 Å². The molecule has 0 bridgehead atoms. The molecule has 11 heteroatoms. The van der Waals surface area contributed by atoms with Crippen LogP contribution in [-0.2, 0) is 18.3 Å². The highest BCUT2D eigenvalue weighted by atomic mass is 32.2. The van der Waals surface area contributed by atoms with Crippen LogP contribution in [0.2, 0.25) is 0 Å². The van der Waals surface area contributed by atoms with Crippen LogP contribution >= 0.6 is 11.8 Å². The van der Waals surface area contributed by atoms with Crippen molar-refractivity contribution < 1.29 is 9.18 Å². The van der Waals surface area contributed by atoms with Gasteiger partial charge in [-0.25, -0.2) is 19.3 Å². The van der Waals surface area contributed by atoms with E-state index in [1.54, 1.807) is 12.3 Å². The monoisotopic (exact) mass is 480 g/mol. The summed E-state index contributed by atoms with van der Waals surface area (Å²) in [5.74, 6) is 0.242. The number of thioether (sulfide) groups is 1. The molecule has 1 aromatic carbocycles. The maximum Gasteiger partial charge on any atom is 0.237 e. The summed E-state index contributed by atoms with van der Waals surface area (Å²) in [7, 11) is 1.87. The molecule has 34 heavy (non-hydrogen) atoms. The number of H-pyrrole nitrogens is 1. The highest BCUT2D eigenvalue weighted by Gasteiger charge is 2.12. The van der Waals surface area contributed by atoms with Crippen molar-refractivity contribution >= 4 is 40.5 Å². The van der Waals surface area contributed by atoms with Gasteiger partial charge in [-0.1, -0.05) is 11.8 Å². The molecule has 0 spiro atoms. The van der Waals surface area contributed by atoms with Crippen LogP contribution in [0.25, 0.3) is 10.9 Å². The fourth-order valence-electron chi connectivity index (χ4n) is 3.43. The van der Waals surface area contributed by atoms with Gasteiger partial charge in [-0.05, 0) is 50.1 Å². The van der Waals surface area contributed by atoms with Gasteiger partial charge in [-0.2, -0.15) is 0 Å². The molecule has 9 nitrogen and oxygen atoms in total. The van der Waals surface area contributed by atoms with Gasteiger partial charge in [0.15, 0.2) is 5.16 Å². The first-order valence-corrected chi connectivity index (χ1v) is 11.6. The number of aliphatic imine (C=N–C) groups is 1. The molecular formula is C23H25FN8OS. The van der Waals surface area contributed by atoms with E-state index in [0.29, 0.717) is 18.9 Å². The van der Waals surface area contributed by atoms with Gasteiger partial charge < -0.3 is 9.55 Å². The molecule has 4 rings (SSSR count). The Kier molecular flexibility index (Phi) is 7.21. The van der Waals surface area contributed by atoms with Crippen LogP contribution in [0.3, 0.4) is 0 Å². The van der Waals surface area contributed by atoms with E-state index in [0.717, 1.165) is 33.0 Å². The topological polar surface area (TPSA) is 113 Å². The third-order valence-electron chi connectivity index (χ3n) is 4.96. The molecule has 0 atom stereocenters. The first kappa shape index (κ1) is 23.4. The van der Waals surface area contributed by atoms with Crippen molar-refractivity contribution in [3.63, 3.8) is 0 Å². The standard InChI is InChI=1S/C23H25FN8OS/c1-14-10-15(2)29-22(28-14)31-21(30-20(33)13-34-23-26-8-9-32(23)3)25-7-6-16-12-27-19-5-4-17(24)11-18(16)19/h4-5,8-12,27H,6-7,13H2,1-3H3,(H2,25,28,29,30,31,33). The number of hydrogen-bond donors (Lipinski definition) is 3. The number of carbonyl (C=O) groups is 1. The number of aromatic amines is 1. The van der Waals surface area contributed by atoms with Crippen molar-refractivity contribution in [3.8, 4) is 0 Å². The van der Waals surface area contributed by atoms with Crippen molar-refractivity contribution in [3.05, 3.63) is 65.6 Å². The molecular weight excluding hydrogens is 455 g/mol. The zero-order valence-electron chi connectivity index (χ0n) is 19.1. The molecule has 3 aromatic heterocycles. The van der Waals surface area contributed by atoms with E-state index in [-0.39, 0.29) is 23.4 Å². The summed E-state index contributed by atoms with van der Waals surface area (Å²) in [6, 6.07) is 6.50. The molecule has 0 aliphatic heterocycles. The number of guanidine groups is 1. The Morgan fingerprint density at radius 1 is 1.24 bits per heavy atom. The van der Waals surface area contributed by atoms with Gasteiger partial charge in [-0.15, -0.1) is 0 Å². The van der Waals surface area contributed by atoms with Gasteiger partial charge in [0.25, 0.3) is 0 Å². The number of aryl methyl sites for hydroxylation is 3. The minimum Gasteiger partial charge on any atom is -0.361 e. The number of nitrogens with zero attached hydrogens (tertiary/aromatic N) is 5.